The number of hydrogen-bond acceptors (Lipinski definition) is 6. The van der Waals surface area contributed by atoms with Crippen molar-refractivity contribution in [2.45, 2.75) is 39.2 Å². The zero-order chi connectivity index (χ0) is 19.9. The molecular formula is C20H26N4O3S. The number of aromatic nitrogens is 3. The number of nitrogens with one attached hydrogen (secondary N) is 1. The first kappa shape index (κ1) is 20.4. The van der Waals surface area contributed by atoms with E-state index in [4.69, 9.17) is 4.74 Å². The first-order valence-electron chi connectivity index (χ1n) is 9.65. The van der Waals surface area contributed by atoms with E-state index in [1.807, 2.05) is 47.9 Å². The molecule has 1 unspecified atom stereocenters. The third kappa shape index (κ3) is 5.34. The van der Waals surface area contributed by atoms with Gasteiger partial charge in [0.2, 0.25) is 5.91 Å². The fourth-order valence-corrected chi connectivity index (χ4v) is 3.79. The summed E-state index contributed by atoms with van der Waals surface area (Å²) in [6, 6.07) is 7.42. The Hall–Kier alpha value is -2.35. The van der Waals surface area contributed by atoms with Gasteiger partial charge in [-0.05, 0) is 25.5 Å². The Balaban J connectivity index is 1.66. The first-order chi connectivity index (χ1) is 13.6. The fourth-order valence-electron chi connectivity index (χ4n) is 2.88. The predicted molar refractivity (Wildman–Crippen MR) is 111 cm³/mol. The molecule has 2 aromatic rings. The van der Waals surface area contributed by atoms with E-state index in [1.165, 1.54) is 0 Å². The monoisotopic (exact) mass is 402 g/mol. The Morgan fingerprint density at radius 1 is 1.32 bits per heavy atom. The second kappa shape index (κ2) is 9.73. The summed E-state index contributed by atoms with van der Waals surface area (Å²) in [5, 5.41) is 8.22. The first-order valence-corrected chi connectivity index (χ1v) is 10.8. The van der Waals surface area contributed by atoms with Crippen LogP contribution in [0, 0.1) is 0 Å². The summed E-state index contributed by atoms with van der Waals surface area (Å²) in [6.45, 7) is 5.62. The molecule has 1 atom stereocenters. The number of ether oxygens (including phenoxy) is 1. The molecule has 1 aromatic carbocycles. The summed E-state index contributed by atoms with van der Waals surface area (Å²) < 4.78 is 5.82. The minimum Gasteiger partial charge on any atom is -0.491 e. The van der Waals surface area contributed by atoms with Crippen LogP contribution in [0.4, 0.5) is 0 Å². The van der Waals surface area contributed by atoms with Crippen LogP contribution in [0.15, 0.2) is 29.1 Å². The van der Waals surface area contributed by atoms with Gasteiger partial charge in [-0.1, -0.05) is 19.1 Å². The number of hydrogen-bond donors (Lipinski definition) is 1. The molecule has 150 valence electrons. The average Bonchev–Trinajstić information content (AvgIpc) is 2.73. The van der Waals surface area contributed by atoms with Crippen molar-refractivity contribution < 1.29 is 9.53 Å². The number of H-pyrrole nitrogens is 1. The number of benzene rings is 1. The van der Waals surface area contributed by atoms with Crippen LogP contribution < -0.4 is 10.3 Å². The lowest BCUT2D eigenvalue weighted by Crippen LogP contribution is -2.38. The quantitative estimate of drug-likeness (QED) is 0.766. The Morgan fingerprint density at radius 2 is 2.11 bits per heavy atom. The van der Waals surface area contributed by atoms with Crippen molar-refractivity contribution in [3.8, 4) is 17.1 Å². The SMILES string of the molecule is CCC(C)Oc1cccc(-c2nnc(CCC(=O)N3CCSCC3)c(=O)[nH]2)c1. The van der Waals surface area contributed by atoms with Crippen molar-refractivity contribution in [3.05, 3.63) is 40.3 Å². The third-order valence-electron chi connectivity index (χ3n) is 4.72. The van der Waals surface area contributed by atoms with Crippen molar-refractivity contribution in [2.75, 3.05) is 24.6 Å². The topological polar surface area (TPSA) is 88.2 Å². The van der Waals surface area contributed by atoms with Gasteiger partial charge in [-0.3, -0.25) is 9.59 Å². The second-order valence-electron chi connectivity index (χ2n) is 6.81. The van der Waals surface area contributed by atoms with Gasteiger partial charge in [-0.2, -0.15) is 11.8 Å². The summed E-state index contributed by atoms with van der Waals surface area (Å²) in [7, 11) is 0. The largest absolute Gasteiger partial charge is 0.491 e. The maximum Gasteiger partial charge on any atom is 0.273 e. The van der Waals surface area contributed by atoms with E-state index < -0.39 is 0 Å². The molecule has 1 fully saturated rings. The van der Waals surface area contributed by atoms with Crippen LogP contribution in [0.1, 0.15) is 32.4 Å². The van der Waals surface area contributed by atoms with Crippen molar-refractivity contribution in [3.63, 3.8) is 0 Å². The van der Waals surface area contributed by atoms with Gasteiger partial charge in [-0.15, -0.1) is 10.2 Å². The van der Waals surface area contributed by atoms with Crippen molar-refractivity contribution in [1.82, 2.24) is 20.1 Å². The Labute approximate surface area is 168 Å². The summed E-state index contributed by atoms with van der Waals surface area (Å²) in [5.74, 6) is 3.13. The van der Waals surface area contributed by atoms with Crippen molar-refractivity contribution in [2.24, 2.45) is 0 Å². The van der Waals surface area contributed by atoms with E-state index in [2.05, 4.69) is 22.1 Å². The lowest BCUT2D eigenvalue weighted by atomic mass is 10.2. The number of rotatable bonds is 7. The molecule has 1 aromatic heterocycles. The molecule has 1 amide bonds. The number of aromatic amines is 1. The number of amides is 1. The minimum atomic E-state index is -0.305. The van der Waals surface area contributed by atoms with E-state index >= 15 is 0 Å². The molecule has 1 N–H and O–H groups in total. The highest BCUT2D eigenvalue weighted by Crippen LogP contribution is 2.21. The van der Waals surface area contributed by atoms with Gasteiger partial charge >= 0.3 is 0 Å². The molecule has 1 aliphatic heterocycles. The van der Waals surface area contributed by atoms with Crippen LogP contribution in [-0.4, -0.2) is 56.7 Å². The number of carbonyl (C=O) groups is 1. The minimum absolute atomic E-state index is 0.0699. The van der Waals surface area contributed by atoms with Crippen molar-refractivity contribution in [1.29, 1.82) is 0 Å². The highest BCUT2D eigenvalue weighted by atomic mass is 32.2. The molecule has 1 saturated heterocycles. The zero-order valence-corrected chi connectivity index (χ0v) is 17.1. The molecule has 1 aliphatic rings. The normalized spacial score (nSPS) is 15.3. The van der Waals surface area contributed by atoms with E-state index in [0.717, 1.165) is 42.3 Å². The molecule has 0 radical (unpaired) electrons. The van der Waals surface area contributed by atoms with Gasteiger partial charge < -0.3 is 14.6 Å². The van der Waals surface area contributed by atoms with E-state index in [0.29, 0.717) is 12.2 Å². The molecule has 28 heavy (non-hydrogen) atoms. The maximum atomic E-state index is 12.4. The molecule has 7 nitrogen and oxygen atoms in total. The highest BCUT2D eigenvalue weighted by molar-refractivity contribution is 7.99. The standard InChI is InChI=1S/C20H26N4O3S/c1-3-14(2)27-16-6-4-5-15(13-16)19-21-20(26)17(22-23-19)7-8-18(25)24-9-11-28-12-10-24/h4-6,13-14H,3,7-12H2,1-2H3,(H,21,23,26). The summed E-state index contributed by atoms with van der Waals surface area (Å²) in [5.41, 5.74) is 0.717. The molecule has 0 aliphatic carbocycles. The smallest absolute Gasteiger partial charge is 0.273 e. The number of nitrogens with zero attached hydrogens (tertiary/aromatic N) is 3. The zero-order valence-electron chi connectivity index (χ0n) is 16.3. The van der Waals surface area contributed by atoms with Gasteiger partial charge in [0.05, 0.1) is 6.10 Å². The second-order valence-corrected chi connectivity index (χ2v) is 8.03. The number of thioether (sulfide) groups is 1. The van der Waals surface area contributed by atoms with Crippen LogP contribution in [0.5, 0.6) is 5.75 Å². The molecule has 0 bridgehead atoms. The van der Waals surface area contributed by atoms with Gasteiger partial charge in [0.15, 0.2) is 5.82 Å². The number of carbonyl (C=O) groups excluding carboxylic acids is 1. The van der Waals surface area contributed by atoms with E-state index in [9.17, 15) is 9.59 Å². The molecule has 2 heterocycles. The Kier molecular flexibility index (Phi) is 7.08. The maximum absolute atomic E-state index is 12.4. The van der Waals surface area contributed by atoms with E-state index in [-0.39, 0.29) is 29.7 Å². The van der Waals surface area contributed by atoms with Crippen LogP contribution >= 0.6 is 11.8 Å². The van der Waals surface area contributed by atoms with Gasteiger partial charge in [0.25, 0.3) is 5.56 Å². The summed E-state index contributed by atoms with van der Waals surface area (Å²) in [6.07, 6.45) is 1.59. The average molecular weight is 403 g/mol. The van der Waals surface area contributed by atoms with Gasteiger partial charge in [0, 0.05) is 43.0 Å². The predicted octanol–water partition coefficient (Wildman–Crippen LogP) is 2.52. The third-order valence-corrected chi connectivity index (χ3v) is 5.67. The summed E-state index contributed by atoms with van der Waals surface area (Å²) in [4.78, 5) is 29.3. The Bertz CT molecular complexity index is 865. The van der Waals surface area contributed by atoms with Gasteiger partial charge in [-0.25, -0.2) is 0 Å². The molecule has 8 heteroatoms. The molecule has 0 saturated carbocycles. The van der Waals surface area contributed by atoms with E-state index in [1.54, 1.807) is 0 Å². The molecular weight excluding hydrogens is 376 g/mol. The number of aryl methyl sites for hydroxylation is 1. The fraction of sp³-hybridized carbons (Fsp3) is 0.500. The molecule has 3 rings (SSSR count). The lowest BCUT2D eigenvalue weighted by Gasteiger charge is -2.26. The van der Waals surface area contributed by atoms with Crippen LogP contribution in [-0.2, 0) is 11.2 Å². The van der Waals surface area contributed by atoms with Gasteiger partial charge in [0.1, 0.15) is 11.4 Å². The highest BCUT2D eigenvalue weighted by Gasteiger charge is 2.17. The molecule has 0 spiro atoms. The van der Waals surface area contributed by atoms with Crippen molar-refractivity contribution >= 4 is 17.7 Å². The Morgan fingerprint density at radius 3 is 2.82 bits per heavy atom. The lowest BCUT2D eigenvalue weighted by molar-refractivity contribution is -0.130. The van der Waals surface area contributed by atoms with Crippen LogP contribution in [0.3, 0.4) is 0 Å². The summed E-state index contributed by atoms with van der Waals surface area (Å²) >= 11 is 1.86. The van der Waals surface area contributed by atoms with Crippen LogP contribution in [0.2, 0.25) is 0 Å². The van der Waals surface area contributed by atoms with Crippen LogP contribution in [0.25, 0.3) is 11.4 Å².